The number of nitrogens with zero attached hydrogens (tertiary/aromatic N) is 3. The third-order valence-corrected chi connectivity index (χ3v) is 2.71. The van der Waals surface area contributed by atoms with Crippen LogP contribution in [0, 0.1) is 0 Å². The molecule has 0 spiro atoms. The molecule has 2 fully saturated rings. The topological polar surface area (TPSA) is 18.8 Å². The normalized spacial score (nSPS) is 21.4. The molecule has 14 heavy (non-hydrogen) atoms. The van der Waals surface area contributed by atoms with Crippen LogP contribution < -0.4 is 0 Å². The van der Waals surface area contributed by atoms with Crippen LogP contribution in [0.2, 0.25) is 0 Å². The molecule has 3 nitrogen and oxygen atoms in total. The van der Waals surface area contributed by atoms with Gasteiger partial charge in [0.15, 0.2) is 5.96 Å². The van der Waals surface area contributed by atoms with Gasteiger partial charge in [0.1, 0.15) is 0 Å². The lowest BCUT2D eigenvalue weighted by Gasteiger charge is -2.44. The van der Waals surface area contributed by atoms with Crippen molar-refractivity contribution in [1.29, 1.82) is 0 Å². The first-order valence-corrected chi connectivity index (χ1v) is 5.66. The van der Waals surface area contributed by atoms with Crippen molar-refractivity contribution >= 4 is 5.96 Å². The van der Waals surface area contributed by atoms with Crippen LogP contribution in [0.15, 0.2) is 4.99 Å². The number of rotatable bonds is 0. The van der Waals surface area contributed by atoms with Crippen molar-refractivity contribution in [2.75, 3.05) is 26.2 Å². The van der Waals surface area contributed by atoms with E-state index >= 15 is 0 Å². The number of aliphatic imine (C=N–C) groups is 1. The molecule has 80 valence electrons. The fourth-order valence-corrected chi connectivity index (χ4v) is 1.67. The second-order valence-electron chi connectivity index (χ2n) is 5.26. The van der Waals surface area contributed by atoms with Crippen molar-refractivity contribution in [2.45, 2.75) is 39.2 Å². The van der Waals surface area contributed by atoms with Crippen molar-refractivity contribution in [2.24, 2.45) is 4.99 Å². The highest BCUT2D eigenvalue weighted by atomic mass is 15.4. The van der Waals surface area contributed by atoms with Gasteiger partial charge in [0.2, 0.25) is 0 Å². The summed E-state index contributed by atoms with van der Waals surface area (Å²) < 4.78 is 0. The lowest BCUT2D eigenvalue weighted by atomic mass is 10.1. The van der Waals surface area contributed by atoms with Gasteiger partial charge in [0.25, 0.3) is 0 Å². The van der Waals surface area contributed by atoms with E-state index in [4.69, 9.17) is 4.99 Å². The monoisotopic (exact) mass is 195 g/mol. The average Bonchev–Trinajstić information content (AvgIpc) is 1.72. The van der Waals surface area contributed by atoms with E-state index < -0.39 is 0 Å². The van der Waals surface area contributed by atoms with Gasteiger partial charge in [-0.3, -0.25) is 0 Å². The van der Waals surface area contributed by atoms with Crippen LogP contribution in [0.4, 0.5) is 0 Å². The van der Waals surface area contributed by atoms with Gasteiger partial charge >= 0.3 is 0 Å². The minimum atomic E-state index is 0.0561. The average molecular weight is 195 g/mol. The highest BCUT2D eigenvalue weighted by Gasteiger charge is 2.28. The maximum atomic E-state index is 4.82. The molecule has 2 aliphatic heterocycles. The van der Waals surface area contributed by atoms with Gasteiger partial charge in [-0.1, -0.05) is 0 Å². The summed E-state index contributed by atoms with van der Waals surface area (Å²) in [4.78, 5) is 9.64. The molecular weight excluding hydrogens is 174 g/mol. The van der Waals surface area contributed by atoms with Crippen molar-refractivity contribution in [3.05, 3.63) is 0 Å². The SMILES string of the molecule is CC(C)(C)N=C(N1CCC1)N1CCC1. The summed E-state index contributed by atoms with van der Waals surface area (Å²) in [5.74, 6) is 1.25. The van der Waals surface area contributed by atoms with Crippen LogP contribution in [-0.4, -0.2) is 47.5 Å². The second kappa shape index (κ2) is 3.44. The Hall–Kier alpha value is -0.730. The Morgan fingerprint density at radius 1 is 0.929 bits per heavy atom. The Balaban J connectivity index is 2.08. The minimum Gasteiger partial charge on any atom is -0.343 e. The zero-order valence-electron chi connectivity index (χ0n) is 9.58. The number of likely N-dealkylation sites (tertiary alicyclic amines) is 2. The molecular formula is C11H21N3. The molecule has 2 rings (SSSR count). The number of hydrogen-bond acceptors (Lipinski definition) is 1. The molecule has 2 saturated heterocycles. The fourth-order valence-electron chi connectivity index (χ4n) is 1.67. The van der Waals surface area contributed by atoms with Crippen LogP contribution in [0.1, 0.15) is 33.6 Å². The minimum absolute atomic E-state index is 0.0561. The van der Waals surface area contributed by atoms with Gasteiger partial charge in [-0.05, 0) is 33.6 Å². The Bertz CT molecular complexity index is 215. The Morgan fingerprint density at radius 2 is 1.36 bits per heavy atom. The largest absolute Gasteiger partial charge is 0.343 e. The maximum absolute atomic E-state index is 4.82. The third-order valence-electron chi connectivity index (χ3n) is 2.71. The molecule has 0 aromatic heterocycles. The summed E-state index contributed by atoms with van der Waals surface area (Å²) in [6.07, 6.45) is 2.66. The van der Waals surface area contributed by atoms with Crippen molar-refractivity contribution in [3.63, 3.8) is 0 Å². The van der Waals surface area contributed by atoms with E-state index in [1.54, 1.807) is 0 Å². The number of hydrogen-bond donors (Lipinski definition) is 0. The van der Waals surface area contributed by atoms with E-state index in [9.17, 15) is 0 Å². The van der Waals surface area contributed by atoms with E-state index in [0.717, 1.165) is 0 Å². The van der Waals surface area contributed by atoms with E-state index in [-0.39, 0.29) is 5.54 Å². The standard InChI is InChI=1S/C11H21N3/c1-11(2,3)12-10(13-6-4-7-13)14-8-5-9-14/h4-9H2,1-3H3. The van der Waals surface area contributed by atoms with E-state index in [1.165, 1.54) is 45.0 Å². The molecule has 0 N–H and O–H groups in total. The van der Waals surface area contributed by atoms with Gasteiger partial charge in [-0.15, -0.1) is 0 Å². The molecule has 3 heteroatoms. The fraction of sp³-hybridized carbons (Fsp3) is 0.909. The van der Waals surface area contributed by atoms with Crippen LogP contribution >= 0.6 is 0 Å². The van der Waals surface area contributed by atoms with Crippen molar-refractivity contribution < 1.29 is 0 Å². The zero-order chi connectivity index (χ0) is 10.2. The summed E-state index contributed by atoms with van der Waals surface area (Å²) >= 11 is 0. The van der Waals surface area contributed by atoms with E-state index in [2.05, 4.69) is 30.6 Å². The first kappa shape index (κ1) is 9.81. The quantitative estimate of drug-likeness (QED) is 0.431. The predicted molar refractivity (Wildman–Crippen MR) is 59.6 cm³/mol. The van der Waals surface area contributed by atoms with Crippen molar-refractivity contribution in [1.82, 2.24) is 9.80 Å². The molecule has 0 aromatic carbocycles. The third kappa shape index (κ3) is 2.02. The highest BCUT2D eigenvalue weighted by Crippen LogP contribution is 2.18. The lowest BCUT2D eigenvalue weighted by molar-refractivity contribution is 0.203. The van der Waals surface area contributed by atoms with Crippen LogP contribution in [0.3, 0.4) is 0 Å². The first-order chi connectivity index (χ1) is 6.56. The molecule has 0 unspecified atom stereocenters. The second-order valence-corrected chi connectivity index (χ2v) is 5.26. The summed E-state index contributed by atoms with van der Waals surface area (Å²) in [6.45, 7) is 11.3. The van der Waals surface area contributed by atoms with Gasteiger partial charge in [-0.25, -0.2) is 4.99 Å². The highest BCUT2D eigenvalue weighted by molar-refractivity contribution is 5.81. The molecule has 0 radical (unpaired) electrons. The summed E-state index contributed by atoms with van der Waals surface area (Å²) in [7, 11) is 0. The molecule has 0 aliphatic carbocycles. The molecule has 0 bridgehead atoms. The molecule has 2 heterocycles. The van der Waals surface area contributed by atoms with Gasteiger partial charge in [0, 0.05) is 26.2 Å². The summed E-state index contributed by atoms with van der Waals surface area (Å²) in [6, 6.07) is 0. The maximum Gasteiger partial charge on any atom is 0.197 e. The van der Waals surface area contributed by atoms with Crippen LogP contribution in [-0.2, 0) is 0 Å². The Morgan fingerprint density at radius 3 is 1.57 bits per heavy atom. The molecule has 0 amide bonds. The molecule has 0 saturated carbocycles. The van der Waals surface area contributed by atoms with Crippen molar-refractivity contribution in [3.8, 4) is 0 Å². The Kier molecular flexibility index (Phi) is 2.41. The van der Waals surface area contributed by atoms with Crippen LogP contribution in [0.25, 0.3) is 0 Å². The Labute approximate surface area is 86.8 Å². The first-order valence-electron chi connectivity index (χ1n) is 5.66. The molecule has 2 aliphatic rings. The predicted octanol–water partition coefficient (Wildman–Crippen LogP) is 1.55. The van der Waals surface area contributed by atoms with Crippen LogP contribution in [0.5, 0.6) is 0 Å². The zero-order valence-corrected chi connectivity index (χ0v) is 9.58. The summed E-state index contributed by atoms with van der Waals surface area (Å²) in [5, 5.41) is 0. The van der Waals surface area contributed by atoms with Gasteiger partial charge in [0.05, 0.1) is 5.54 Å². The van der Waals surface area contributed by atoms with Gasteiger partial charge < -0.3 is 9.80 Å². The van der Waals surface area contributed by atoms with E-state index in [1.807, 2.05) is 0 Å². The molecule has 0 aromatic rings. The lowest BCUT2D eigenvalue weighted by Crippen LogP contribution is -2.55. The number of guanidine groups is 1. The summed E-state index contributed by atoms with van der Waals surface area (Å²) in [5.41, 5.74) is 0.0561. The van der Waals surface area contributed by atoms with E-state index in [0.29, 0.717) is 0 Å². The smallest absolute Gasteiger partial charge is 0.197 e. The molecule has 0 atom stereocenters. The van der Waals surface area contributed by atoms with Gasteiger partial charge in [-0.2, -0.15) is 0 Å².